The Labute approximate surface area is 204 Å². The van der Waals surface area contributed by atoms with E-state index in [1.54, 1.807) is 6.20 Å². The molecule has 0 spiro atoms. The molecule has 0 aliphatic carbocycles. The molecule has 0 fully saturated rings. The summed E-state index contributed by atoms with van der Waals surface area (Å²) < 4.78 is 14.9. The van der Waals surface area contributed by atoms with Crippen LogP contribution in [0.3, 0.4) is 0 Å². The molecule has 1 amide bonds. The number of nitrogens with zero attached hydrogens (tertiary/aromatic N) is 1. The molecule has 0 aliphatic rings. The van der Waals surface area contributed by atoms with Gasteiger partial charge in [-0.3, -0.25) is 14.4 Å². The van der Waals surface area contributed by atoms with Gasteiger partial charge in [0.15, 0.2) is 0 Å². The van der Waals surface area contributed by atoms with Gasteiger partial charge in [-0.25, -0.2) is 4.39 Å². The molecule has 3 rings (SSSR count). The highest BCUT2D eigenvalue weighted by molar-refractivity contribution is 5.81. The first-order valence-electron chi connectivity index (χ1n) is 11.8. The van der Waals surface area contributed by atoms with Crippen molar-refractivity contribution in [2.75, 3.05) is 0 Å². The van der Waals surface area contributed by atoms with Gasteiger partial charge in [-0.1, -0.05) is 62.2 Å². The second-order valence-electron chi connectivity index (χ2n) is 8.79. The highest BCUT2D eigenvalue weighted by atomic mass is 19.1. The Balaban J connectivity index is 1.95. The average Bonchev–Trinajstić information content (AvgIpc) is 2.82. The molecule has 0 unspecified atom stereocenters. The van der Waals surface area contributed by atoms with E-state index >= 15 is 0 Å². The van der Waals surface area contributed by atoms with Crippen LogP contribution in [-0.4, -0.2) is 21.6 Å². The zero-order valence-corrected chi connectivity index (χ0v) is 20.0. The topological polar surface area (TPSA) is 88.4 Å². The van der Waals surface area contributed by atoms with Crippen molar-refractivity contribution in [1.82, 2.24) is 9.88 Å². The number of unbranched alkanes of at least 4 members (excludes halogenated alkanes) is 1. The molecular weight excluding hydrogens is 447 g/mol. The van der Waals surface area contributed by atoms with E-state index in [-0.39, 0.29) is 12.0 Å². The predicted molar refractivity (Wildman–Crippen MR) is 133 cm³/mol. The minimum atomic E-state index is -1.09. The largest absolute Gasteiger partial charge is 0.481 e. The number of benzene rings is 2. The summed E-state index contributed by atoms with van der Waals surface area (Å²) in [5.74, 6) is -1.98. The predicted octanol–water partition coefficient (Wildman–Crippen LogP) is 4.95. The smallest absolute Gasteiger partial charge is 0.305 e. The SMILES string of the molecule is CCCC[C@@H](C(=O)N[C@@H](CC(=O)O)c1ccc(F)cc1)n1cc(C)cc(Cc2ccccc2)c1=O. The molecule has 0 aliphatic heterocycles. The Bertz CT molecular complexity index is 1210. The number of aromatic nitrogens is 1. The van der Waals surface area contributed by atoms with Gasteiger partial charge < -0.3 is 15.0 Å². The number of carboxylic acid groups (broad SMARTS) is 1. The van der Waals surface area contributed by atoms with Crippen molar-refractivity contribution in [3.05, 3.63) is 105 Å². The molecule has 0 saturated heterocycles. The molecule has 2 N–H and O–H groups in total. The normalized spacial score (nSPS) is 12.7. The zero-order valence-electron chi connectivity index (χ0n) is 20.0. The third-order valence-electron chi connectivity index (χ3n) is 5.93. The van der Waals surface area contributed by atoms with Crippen molar-refractivity contribution in [2.45, 2.75) is 58.0 Å². The van der Waals surface area contributed by atoms with E-state index in [0.717, 1.165) is 17.5 Å². The third kappa shape index (κ3) is 7.12. The van der Waals surface area contributed by atoms with Crippen molar-refractivity contribution in [3.63, 3.8) is 0 Å². The fraction of sp³-hybridized carbons (Fsp3) is 0.321. The number of carbonyl (C=O) groups excluding carboxylic acids is 1. The van der Waals surface area contributed by atoms with Crippen LogP contribution in [0.4, 0.5) is 4.39 Å². The Kier molecular flexibility index (Phi) is 8.95. The number of amides is 1. The van der Waals surface area contributed by atoms with Crippen molar-refractivity contribution in [3.8, 4) is 0 Å². The van der Waals surface area contributed by atoms with E-state index in [9.17, 15) is 23.9 Å². The van der Waals surface area contributed by atoms with Crippen LogP contribution in [0.1, 0.15) is 66.9 Å². The minimum absolute atomic E-state index is 0.243. The Hall–Kier alpha value is -3.74. The number of nitrogens with one attached hydrogen (secondary N) is 1. The van der Waals surface area contributed by atoms with Crippen molar-refractivity contribution >= 4 is 11.9 Å². The highest BCUT2D eigenvalue weighted by Gasteiger charge is 2.26. The average molecular weight is 479 g/mol. The summed E-state index contributed by atoms with van der Waals surface area (Å²) >= 11 is 0. The van der Waals surface area contributed by atoms with Gasteiger partial charge in [0.05, 0.1) is 12.5 Å². The Morgan fingerprint density at radius 2 is 1.77 bits per heavy atom. The molecule has 2 aromatic carbocycles. The molecule has 6 nitrogen and oxygen atoms in total. The van der Waals surface area contributed by atoms with Crippen LogP contribution in [0.15, 0.2) is 71.7 Å². The van der Waals surface area contributed by atoms with E-state index < -0.39 is 29.8 Å². The van der Waals surface area contributed by atoms with E-state index in [4.69, 9.17) is 0 Å². The van der Waals surface area contributed by atoms with E-state index in [2.05, 4.69) is 5.32 Å². The molecular formula is C28H31FN2O4. The van der Waals surface area contributed by atoms with Gasteiger partial charge in [0.25, 0.3) is 5.56 Å². The number of hydrogen-bond donors (Lipinski definition) is 2. The number of carbonyl (C=O) groups is 2. The van der Waals surface area contributed by atoms with Crippen molar-refractivity contribution in [2.24, 2.45) is 0 Å². The number of aryl methyl sites for hydroxylation is 1. The molecule has 0 radical (unpaired) electrons. The summed E-state index contributed by atoms with van der Waals surface area (Å²) in [6.07, 6.45) is 3.74. The van der Waals surface area contributed by atoms with Gasteiger partial charge in [0.2, 0.25) is 5.91 Å². The molecule has 2 atom stereocenters. The molecule has 7 heteroatoms. The fourth-order valence-corrected chi connectivity index (χ4v) is 4.18. The second kappa shape index (κ2) is 12.1. The van der Waals surface area contributed by atoms with E-state index in [1.165, 1.54) is 28.8 Å². The second-order valence-corrected chi connectivity index (χ2v) is 8.79. The monoisotopic (exact) mass is 478 g/mol. The summed E-state index contributed by atoms with van der Waals surface area (Å²) in [6.45, 7) is 3.88. The van der Waals surface area contributed by atoms with Crippen LogP contribution in [0.2, 0.25) is 0 Å². The van der Waals surface area contributed by atoms with Crippen LogP contribution < -0.4 is 10.9 Å². The lowest BCUT2D eigenvalue weighted by Gasteiger charge is -2.24. The van der Waals surface area contributed by atoms with E-state index in [1.807, 2.05) is 50.2 Å². The van der Waals surface area contributed by atoms with Crippen LogP contribution in [0, 0.1) is 12.7 Å². The summed E-state index contributed by atoms with van der Waals surface area (Å²) in [5.41, 5.74) is 2.68. The summed E-state index contributed by atoms with van der Waals surface area (Å²) in [7, 11) is 0. The van der Waals surface area contributed by atoms with Gasteiger partial charge in [0, 0.05) is 18.2 Å². The third-order valence-corrected chi connectivity index (χ3v) is 5.93. The molecule has 3 aromatic rings. The lowest BCUT2D eigenvalue weighted by molar-refractivity contribution is -0.137. The number of halogens is 1. The van der Waals surface area contributed by atoms with Gasteiger partial charge >= 0.3 is 5.97 Å². The summed E-state index contributed by atoms with van der Waals surface area (Å²) in [6, 6.07) is 15.2. The zero-order chi connectivity index (χ0) is 25.4. The first kappa shape index (κ1) is 25.9. The fourth-order valence-electron chi connectivity index (χ4n) is 4.18. The van der Waals surface area contributed by atoms with E-state index in [0.29, 0.717) is 30.4 Å². The van der Waals surface area contributed by atoms with Gasteiger partial charge in [-0.15, -0.1) is 0 Å². The maximum atomic E-state index is 13.5. The van der Waals surface area contributed by atoms with Crippen molar-refractivity contribution in [1.29, 1.82) is 0 Å². The number of hydrogen-bond acceptors (Lipinski definition) is 3. The molecule has 1 heterocycles. The van der Waals surface area contributed by atoms with Crippen LogP contribution in [0.25, 0.3) is 0 Å². The Morgan fingerprint density at radius 3 is 2.40 bits per heavy atom. The maximum Gasteiger partial charge on any atom is 0.305 e. The van der Waals surface area contributed by atoms with Gasteiger partial charge in [0.1, 0.15) is 11.9 Å². The van der Waals surface area contributed by atoms with Crippen LogP contribution >= 0.6 is 0 Å². The summed E-state index contributed by atoms with van der Waals surface area (Å²) in [5, 5.41) is 12.2. The minimum Gasteiger partial charge on any atom is -0.481 e. The highest BCUT2D eigenvalue weighted by Crippen LogP contribution is 2.22. The number of carboxylic acids is 1. The number of aliphatic carboxylic acids is 1. The van der Waals surface area contributed by atoms with Gasteiger partial charge in [-0.2, -0.15) is 0 Å². The molecule has 0 saturated carbocycles. The summed E-state index contributed by atoms with van der Waals surface area (Å²) in [4.78, 5) is 38.4. The van der Waals surface area contributed by atoms with Gasteiger partial charge in [-0.05, 0) is 48.2 Å². The Morgan fingerprint density at radius 1 is 1.09 bits per heavy atom. The van der Waals surface area contributed by atoms with Crippen molar-refractivity contribution < 1.29 is 19.1 Å². The first-order chi connectivity index (χ1) is 16.8. The van der Waals surface area contributed by atoms with Crippen LogP contribution in [0.5, 0.6) is 0 Å². The first-order valence-corrected chi connectivity index (χ1v) is 11.8. The molecule has 1 aromatic heterocycles. The number of rotatable bonds is 11. The standard InChI is InChI=1S/C28H31FN2O4/c1-3-4-10-25(27(34)30-24(17-26(32)33)21-11-13-23(29)14-12-21)31-18-19(2)15-22(28(31)35)16-20-8-6-5-7-9-20/h5-9,11-15,18,24-25H,3-4,10,16-17H2,1-2H3,(H,30,34)(H,32,33)/t24-,25-/m0/s1. The quantitative estimate of drug-likeness (QED) is 0.408. The lowest BCUT2D eigenvalue weighted by atomic mass is 10.0. The number of pyridine rings is 1. The molecule has 0 bridgehead atoms. The molecule has 184 valence electrons. The lowest BCUT2D eigenvalue weighted by Crippen LogP contribution is -2.40. The molecule has 35 heavy (non-hydrogen) atoms. The van der Waals surface area contributed by atoms with Crippen LogP contribution in [-0.2, 0) is 16.0 Å². The maximum absolute atomic E-state index is 13.5.